The van der Waals surface area contributed by atoms with Crippen molar-refractivity contribution in [3.63, 3.8) is 0 Å². The maximum absolute atomic E-state index is 6.38. The van der Waals surface area contributed by atoms with Crippen LogP contribution in [0.4, 0.5) is 0 Å². The van der Waals surface area contributed by atoms with Crippen LogP contribution in [-0.2, 0) is 10.3 Å². The molecule has 0 spiro atoms. The van der Waals surface area contributed by atoms with E-state index >= 15 is 0 Å². The summed E-state index contributed by atoms with van der Waals surface area (Å²) in [6.45, 7) is 6.73. The Hall–Kier alpha value is -1.90. The first-order valence-corrected chi connectivity index (χ1v) is 8.90. The number of benzene rings is 2. The van der Waals surface area contributed by atoms with E-state index in [1.165, 1.54) is 11.1 Å². The minimum atomic E-state index is -0.398. The van der Waals surface area contributed by atoms with Gasteiger partial charge in [0.1, 0.15) is 5.60 Å². The first-order chi connectivity index (χ1) is 11.8. The van der Waals surface area contributed by atoms with Gasteiger partial charge in [-0.05, 0) is 50.9 Å². The number of nitrogens with one attached hydrogen (secondary N) is 1. The molecular formula is C22H29NO. The lowest BCUT2D eigenvalue weighted by atomic mass is 9.83. The van der Waals surface area contributed by atoms with Gasteiger partial charge in [-0.1, -0.05) is 72.8 Å². The predicted octanol–water partition coefficient (Wildman–Crippen LogP) is 4.91. The van der Waals surface area contributed by atoms with Gasteiger partial charge in [0.15, 0.2) is 0 Å². The molecule has 2 aromatic rings. The van der Waals surface area contributed by atoms with Gasteiger partial charge in [0.2, 0.25) is 0 Å². The average Bonchev–Trinajstić information content (AvgIpc) is 2.65. The van der Waals surface area contributed by atoms with E-state index in [1.54, 1.807) is 0 Å². The minimum Gasteiger partial charge on any atom is -0.366 e. The highest BCUT2D eigenvalue weighted by Crippen LogP contribution is 2.36. The van der Waals surface area contributed by atoms with Crippen molar-refractivity contribution >= 4 is 0 Å². The maximum atomic E-state index is 6.38. The molecule has 0 saturated carbocycles. The molecule has 2 nitrogen and oxygen atoms in total. The molecular weight excluding hydrogens is 294 g/mol. The molecule has 2 heteroatoms. The molecule has 0 fully saturated rings. The lowest BCUT2D eigenvalue weighted by molar-refractivity contribution is -0.0172. The Kier molecular flexibility index (Phi) is 7.73. The number of rotatable bonds is 10. The van der Waals surface area contributed by atoms with E-state index in [2.05, 4.69) is 92.0 Å². The summed E-state index contributed by atoms with van der Waals surface area (Å²) >= 11 is 0. The Morgan fingerprint density at radius 2 is 1.50 bits per heavy atom. The van der Waals surface area contributed by atoms with E-state index < -0.39 is 5.60 Å². The predicted molar refractivity (Wildman–Crippen MR) is 102 cm³/mol. The zero-order valence-electron chi connectivity index (χ0n) is 14.9. The minimum absolute atomic E-state index is 0.398. The molecule has 24 heavy (non-hydrogen) atoms. The van der Waals surface area contributed by atoms with E-state index in [1.807, 2.05) is 0 Å². The molecule has 0 saturated heterocycles. The lowest BCUT2D eigenvalue weighted by Crippen LogP contribution is -2.35. The molecule has 0 radical (unpaired) electrons. The topological polar surface area (TPSA) is 21.3 Å². The van der Waals surface area contributed by atoms with Crippen molar-refractivity contribution in [3.8, 4) is 0 Å². The van der Waals surface area contributed by atoms with Crippen LogP contribution in [0, 0.1) is 0 Å². The van der Waals surface area contributed by atoms with Gasteiger partial charge in [-0.15, -0.1) is 0 Å². The van der Waals surface area contributed by atoms with E-state index in [9.17, 15) is 0 Å². The Morgan fingerprint density at radius 1 is 0.917 bits per heavy atom. The van der Waals surface area contributed by atoms with Crippen LogP contribution >= 0.6 is 0 Å². The Balaban J connectivity index is 2.22. The van der Waals surface area contributed by atoms with Gasteiger partial charge in [0.05, 0.1) is 0 Å². The number of hydrogen-bond acceptors (Lipinski definition) is 2. The van der Waals surface area contributed by atoms with Crippen LogP contribution in [0.1, 0.15) is 37.8 Å². The number of hydrogen-bond donors (Lipinski definition) is 1. The lowest BCUT2D eigenvalue weighted by Gasteiger charge is -2.35. The van der Waals surface area contributed by atoms with Crippen LogP contribution < -0.4 is 5.32 Å². The summed E-state index contributed by atoms with van der Waals surface area (Å²) in [5, 5.41) is 3.54. The molecule has 0 amide bonds. The van der Waals surface area contributed by atoms with Gasteiger partial charge in [-0.25, -0.2) is 0 Å². The first kappa shape index (κ1) is 18.4. The normalized spacial score (nSPS) is 11.9. The van der Waals surface area contributed by atoms with E-state index in [0.29, 0.717) is 6.61 Å². The molecule has 0 aromatic heterocycles. The second-order valence-electron chi connectivity index (χ2n) is 5.85. The SMILES string of the molecule is C/C=C/CCNCCC(OCC)(c1ccccc1)c1ccccc1. The maximum Gasteiger partial charge on any atom is 0.119 e. The molecule has 0 unspecified atom stereocenters. The average molecular weight is 323 g/mol. The molecule has 128 valence electrons. The number of ether oxygens (including phenoxy) is 1. The van der Waals surface area contributed by atoms with Crippen molar-refractivity contribution in [1.29, 1.82) is 0 Å². The largest absolute Gasteiger partial charge is 0.366 e. The van der Waals surface area contributed by atoms with Crippen molar-refractivity contribution in [2.75, 3.05) is 19.7 Å². The molecule has 1 N–H and O–H groups in total. The quantitative estimate of drug-likeness (QED) is 0.495. The van der Waals surface area contributed by atoms with Crippen molar-refractivity contribution in [1.82, 2.24) is 5.32 Å². The van der Waals surface area contributed by atoms with Gasteiger partial charge in [0, 0.05) is 6.61 Å². The molecule has 0 aliphatic heterocycles. The van der Waals surface area contributed by atoms with Crippen LogP contribution in [0.25, 0.3) is 0 Å². The van der Waals surface area contributed by atoms with Crippen LogP contribution in [0.15, 0.2) is 72.8 Å². The summed E-state index contributed by atoms with van der Waals surface area (Å²) in [7, 11) is 0. The van der Waals surface area contributed by atoms with Crippen LogP contribution in [0.2, 0.25) is 0 Å². The fourth-order valence-corrected chi connectivity index (χ4v) is 3.10. The third kappa shape index (κ3) is 4.80. The fraction of sp³-hybridized carbons (Fsp3) is 0.364. The van der Waals surface area contributed by atoms with Crippen molar-refractivity contribution < 1.29 is 4.74 Å². The van der Waals surface area contributed by atoms with Crippen molar-refractivity contribution in [3.05, 3.63) is 83.9 Å². The number of allylic oxidation sites excluding steroid dienone is 1. The molecule has 0 bridgehead atoms. The molecule has 0 atom stereocenters. The van der Waals surface area contributed by atoms with Crippen molar-refractivity contribution in [2.24, 2.45) is 0 Å². The summed E-state index contributed by atoms with van der Waals surface area (Å²) in [5.41, 5.74) is 2.03. The third-order valence-electron chi connectivity index (χ3n) is 4.25. The molecule has 0 heterocycles. The molecule has 0 aliphatic carbocycles. The van der Waals surface area contributed by atoms with Gasteiger partial charge in [-0.2, -0.15) is 0 Å². The highest BCUT2D eigenvalue weighted by atomic mass is 16.5. The third-order valence-corrected chi connectivity index (χ3v) is 4.25. The smallest absolute Gasteiger partial charge is 0.119 e. The highest BCUT2D eigenvalue weighted by Gasteiger charge is 2.34. The van der Waals surface area contributed by atoms with Crippen LogP contribution in [0.3, 0.4) is 0 Å². The van der Waals surface area contributed by atoms with E-state index in [-0.39, 0.29) is 0 Å². The first-order valence-electron chi connectivity index (χ1n) is 8.90. The molecule has 2 aromatic carbocycles. The second kappa shape index (κ2) is 10.1. The summed E-state index contributed by atoms with van der Waals surface area (Å²) < 4.78 is 6.38. The summed E-state index contributed by atoms with van der Waals surface area (Å²) in [6, 6.07) is 21.1. The fourth-order valence-electron chi connectivity index (χ4n) is 3.10. The second-order valence-corrected chi connectivity index (χ2v) is 5.85. The van der Waals surface area contributed by atoms with E-state index in [0.717, 1.165) is 25.9 Å². The molecule has 2 rings (SSSR count). The Morgan fingerprint density at radius 3 is 2.00 bits per heavy atom. The van der Waals surface area contributed by atoms with Gasteiger partial charge in [0.25, 0.3) is 0 Å². The standard InChI is InChI=1S/C22H29NO/c1-3-5-12-18-23-19-17-22(24-4-2,20-13-8-6-9-14-20)21-15-10-7-11-16-21/h3,5-11,13-16,23H,4,12,17-19H2,1-2H3/b5-3+. The zero-order chi connectivity index (χ0) is 17.1. The summed E-state index contributed by atoms with van der Waals surface area (Å²) in [4.78, 5) is 0. The van der Waals surface area contributed by atoms with E-state index in [4.69, 9.17) is 4.74 Å². The monoisotopic (exact) mass is 323 g/mol. The van der Waals surface area contributed by atoms with Crippen molar-refractivity contribution in [2.45, 2.75) is 32.3 Å². The van der Waals surface area contributed by atoms with Gasteiger partial charge < -0.3 is 10.1 Å². The van der Waals surface area contributed by atoms with Gasteiger partial charge in [-0.3, -0.25) is 0 Å². The van der Waals surface area contributed by atoms with Gasteiger partial charge >= 0.3 is 0 Å². The van der Waals surface area contributed by atoms with Crippen LogP contribution in [0.5, 0.6) is 0 Å². The Labute approximate surface area is 146 Å². The molecule has 0 aliphatic rings. The summed E-state index contributed by atoms with van der Waals surface area (Å²) in [5.74, 6) is 0. The summed E-state index contributed by atoms with van der Waals surface area (Å²) in [6.07, 6.45) is 6.26. The zero-order valence-corrected chi connectivity index (χ0v) is 14.9. The van der Waals surface area contributed by atoms with Crippen LogP contribution in [-0.4, -0.2) is 19.7 Å². The highest BCUT2D eigenvalue weighted by molar-refractivity contribution is 5.36. The Bertz CT molecular complexity index is 552.